The van der Waals surface area contributed by atoms with E-state index in [1.54, 1.807) is 4.90 Å². The molecule has 1 saturated heterocycles. The van der Waals surface area contributed by atoms with Crippen molar-refractivity contribution in [2.24, 2.45) is 0 Å². The molecule has 0 saturated carbocycles. The summed E-state index contributed by atoms with van der Waals surface area (Å²) in [5.74, 6) is -0.984. The van der Waals surface area contributed by atoms with Gasteiger partial charge in [-0.3, -0.25) is 14.5 Å². The van der Waals surface area contributed by atoms with Crippen molar-refractivity contribution in [1.82, 2.24) is 9.80 Å². The lowest BCUT2D eigenvalue weighted by molar-refractivity contribution is -0.145. The van der Waals surface area contributed by atoms with Crippen LogP contribution in [0, 0.1) is 0 Å². The Morgan fingerprint density at radius 1 is 1.53 bits per heavy atom. The molecule has 1 aliphatic heterocycles. The monoisotopic (exact) mass is 242 g/mol. The zero-order valence-electron chi connectivity index (χ0n) is 11.0. The highest BCUT2D eigenvalue weighted by Crippen LogP contribution is 2.19. The summed E-state index contributed by atoms with van der Waals surface area (Å²) in [6, 6.07) is -0.183. The molecule has 0 aromatic heterocycles. The lowest BCUT2D eigenvalue weighted by Crippen LogP contribution is -2.48. The Hall–Kier alpha value is -1.10. The quantitative estimate of drug-likeness (QED) is 0.795. The number of carboxylic acid groups (broad SMARTS) is 1. The van der Waals surface area contributed by atoms with E-state index < -0.39 is 12.0 Å². The number of carbonyl (C=O) groups is 2. The third-order valence-corrected chi connectivity index (χ3v) is 3.53. The van der Waals surface area contributed by atoms with Crippen molar-refractivity contribution < 1.29 is 14.7 Å². The van der Waals surface area contributed by atoms with Crippen LogP contribution >= 0.6 is 0 Å². The van der Waals surface area contributed by atoms with Crippen molar-refractivity contribution in [2.45, 2.75) is 51.7 Å². The van der Waals surface area contributed by atoms with Gasteiger partial charge in [0.1, 0.15) is 0 Å². The van der Waals surface area contributed by atoms with Crippen LogP contribution in [-0.2, 0) is 9.59 Å². The second-order valence-electron chi connectivity index (χ2n) is 5.04. The van der Waals surface area contributed by atoms with E-state index in [0.717, 1.165) is 6.42 Å². The van der Waals surface area contributed by atoms with Crippen molar-refractivity contribution in [2.75, 3.05) is 13.6 Å². The minimum absolute atomic E-state index is 0.0609. The molecule has 1 aliphatic rings. The zero-order chi connectivity index (χ0) is 13.2. The summed E-state index contributed by atoms with van der Waals surface area (Å²) in [6.07, 6.45) is 0.763. The number of hydrogen-bond acceptors (Lipinski definition) is 3. The average molecular weight is 242 g/mol. The third-order valence-electron chi connectivity index (χ3n) is 3.53. The van der Waals surface area contributed by atoms with Crippen LogP contribution in [0.5, 0.6) is 0 Å². The van der Waals surface area contributed by atoms with Crippen LogP contribution in [0.25, 0.3) is 0 Å². The van der Waals surface area contributed by atoms with Crippen LogP contribution in [0.15, 0.2) is 0 Å². The zero-order valence-corrected chi connectivity index (χ0v) is 11.0. The molecule has 1 heterocycles. The highest BCUT2D eigenvalue weighted by molar-refractivity contribution is 5.86. The van der Waals surface area contributed by atoms with E-state index in [-0.39, 0.29) is 24.4 Å². The van der Waals surface area contributed by atoms with Crippen LogP contribution in [0.4, 0.5) is 0 Å². The number of hydrogen-bond donors (Lipinski definition) is 1. The Morgan fingerprint density at radius 2 is 2.12 bits per heavy atom. The highest BCUT2D eigenvalue weighted by atomic mass is 16.4. The highest BCUT2D eigenvalue weighted by Gasteiger charge is 2.36. The summed E-state index contributed by atoms with van der Waals surface area (Å²) in [7, 11) is 1.83. The van der Waals surface area contributed by atoms with E-state index >= 15 is 0 Å². The van der Waals surface area contributed by atoms with Gasteiger partial charge in [0.2, 0.25) is 5.91 Å². The molecule has 5 nitrogen and oxygen atoms in total. The maximum atomic E-state index is 12.3. The predicted molar refractivity (Wildman–Crippen MR) is 64.7 cm³/mol. The summed E-state index contributed by atoms with van der Waals surface area (Å²) < 4.78 is 0. The SMILES string of the molecule is CC(C)N1CCC(C)N(C)C(CC(=O)O)C1=O. The molecular formula is C12H22N2O3. The summed E-state index contributed by atoms with van der Waals surface area (Å²) in [4.78, 5) is 26.8. The molecule has 0 bridgehead atoms. The number of likely N-dealkylation sites (N-methyl/N-ethyl adjacent to an activating group) is 1. The van der Waals surface area contributed by atoms with Gasteiger partial charge in [-0.2, -0.15) is 0 Å². The van der Waals surface area contributed by atoms with Crippen LogP contribution in [0.1, 0.15) is 33.6 Å². The Morgan fingerprint density at radius 3 is 2.59 bits per heavy atom. The Labute approximate surface area is 102 Å². The molecule has 0 aromatic rings. The molecule has 1 N–H and O–H groups in total. The largest absolute Gasteiger partial charge is 0.481 e. The fraction of sp³-hybridized carbons (Fsp3) is 0.833. The topological polar surface area (TPSA) is 60.9 Å². The molecule has 0 radical (unpaired) electrons. The van der Waals surface area contributed by atoms with Gasteiger partial charge in [0.25, 0.3) is 0 Å². The van der Waals surface area contributed by atoms with Gasteiger partial charge < -0.3 is 10.0 Å². The molecule has 5 heteroatoms. The first-order chi connectivity index (χ1) is 7.84. The van der Waals surface area contributed by atoms with Gasteiger partial charge in [-0.05, 0) is 34.2 Å². The van der Waals surface area contributed by atoms with Gasteiger partial charge in [-0.25, -0.2) is 0 Å². The van der Waals surface area contributed by atoms with Gasteiger partial charge in [0.15, 0.2) is 0 Å². The van der Waals surface area contributed by atoms with E-state index in [4.69, 9.17) is 5.11 Å². The lowest BCUT2D eigenvalue weighted by Gasteiger charge is -2.30. The number of carboxylic acids is 1. The molecule has 0 aromatic carbocycles. The standard InChI is InChI=1S/C12H22N2O3/c1-8(2)14-6-5-9(3)13(4)10(12(14)17)7-11(15)16/h8-10H,5-7H2,1-4H3,(H,15,16). The van der Waals surface area contributed by atoms with E-state index in [2.05, 4.69) is 0 Å². The van der Waals surface area contributed by atoms with Gasteiger partial charge in [0, 0.05) is 18.6 Å². The van der Waals surface area contributed by atoms with Gasteiger partial charge in [-0.15, -0.1) is 0 Å². The second-order valence-corrected chi connectivity index (χ2v) is 5.04. The van der Waals surface area contributed by atoms with Gasteiger partial charge in [0.05, 0.1) is 12.5 Å². The van der Waals surface area contributed by atoms with Gasteiger partial charge >= 0.3 is 5.97 Å². The molecule has 1 amide bonds. The van der Waals surface area contributed by atoms with E-state index in [0.29, 0.717) is 6.54 Å². The van der Waals surface area contributed by atoms with Crippen LogP contribution in [-0.4, -0.2) is 58.5 Å². The molecular weight excluding hydrogens is 220 g/mol. The minimum Gasteiger partial charge on any atom is -0.481 e. The number of carbonyl (C=O) groups excluding carboxylic acids is 1. The normalized spacial score (nSPS) is 27.4. The first kappa shape index (κ1) is 14.0. The van der Waals surface area contributed by atoms with Crippen molar-refractivity contribution in [3.05, 3.63) is 0 Å². The maximum Gasteiger partial charge on any atom is 0.305 e. The van der Waals surface area contributed by atoms with E-state index in [1.165, 1.54) is 0 Å². The van der Waals surface area contributed by atoms with Crippen molar-refractivity contribution >= 4 is 11.9 Å². The Bertz CT molecular complexity index is 304. The summed E-state index contributed by atoms with van der Waals surface area (Å²) in [5, 5.41) is 8.91. The lowest BCUT2D eigenvalue weighted by atomic mass is 10.1. The summed E-state index contributed by atoms with van der Waals surface area (Å²) >= 11 is 0. The molecule has 2 atom stereocenters. The smallest absolute Gasteiger partial charge is 0.305 e. The first-order valence-electron chi connectivity index (χ1n) is 6.08. The molecule has 1 fully saturated rings. The average Bonchev–Trinajstić information content (AvgIpc) is 2.31. The number of aliphatic carboxylic acids is 1. The second kappa shape index (κ2) is 5.49. The van der Waals surface area contributed by atoms with Crippen molar-refractivity contribution in [3.8, 4) is 0 Å². The van der Waals surface area contributed by atoms with Crippen molar-refractivity contribution in [1.29, 1.82) is 0 Å². The molecule has 0 aliphatic carbocycles. The molecule has 2 unspecified atom stereocenters. The Balaban J connectivity index is 2.93. The fourth-order valence-electron chi connectivity index (χ4n) is 2.22. The van der Waals surface area contributed by atoms with Crippen LogP contribution in [0.3, 0.4) is 0 Å². The summed E-state index contributed by atoms with van der Waals surface area (Å²) in [6.45, 7) is 6.67. The number of rotatable bonds is 3. The molecule has 0 spiro atoms. The predicted octanol–water partition coefficient (Wildman–Crippen LogP) is 0.791. The van der Waals surface area contributed by atoms with Crippen molar-refractivity contribution in [3.63, 3.8) is 0 Å². The molecule has 98 valence electrons. The number of nitrogens with zero attached hydrogens (tertiary/aromatic N) is 2. The minimum atomic E-state index is -0.923. The van der Waals surface area contributed by atoms with Crippen LogP contribution in [0.2, 0.25) is 0 Å². The summed E-state index contributed by atoms with van der Waals surface area (Å²) in [5.41, 5.74) is 0. The number of amides is 1. The first-order valence-corrected chi connectivity index (χ1v) is 6.08. The Kier molecular flexibility index (Phi) is 4.51. The third kappa shape index (κ3) is 3.19. The van der Waals surface area contributed by atoms with Gasteiger partial charge in [-0.1, -0.05) is 0 Å². The maximum absolute atomic E-state index is 12.3. The molecule has 17 heavy (non-hydrogen) atoms. The fourth-order valence-corrected chi connectivity index (χ4v) is 2.22. The van der Waals surface area contributed by atoms with Crippen LogP contribution < -0.4 is 0 Å². The van der Waals surface area contributed by atoms with E-state index in [9.17, 15) is 9.59 Å². The van der Waals surface area contributed by atoms with E-state index in [1.807, 2.05) is 32.7 Å². The molecule has 1 rings (SSSR count).